The van der Waals surface area contributed by atoms with Gasteiger partial charge in [0.05, 0.1) is 0 Å². The topological polar surface area (TPSA) is 50.2 Å². The summed E-state index contributed by atoms with van der Waals surface area (Å²) in [5.41, 5.74) is 3.57. The summed E-state index contributed by atoms with van der Waals surface area (Å²) in [7, 11) is 0. The number of carbonyl (C=O) groups is 1. The van der Waals surface area contributed by atoms with E-state index in [-0.39, 0.29) is 29.6 Å². The van der Waals surface area contributed by atoms with Crippen LogP contribution in [-0.4, -0.2) is 45.6 Å². The number of aromatic nitrogens is 1. The molecule has 0 atom stereocenters. The molecule has 98 valence electrons. The average Bonchev–Trinajstić information content (AvgIpc) is 2.42. The SMILES string of the molecule is C/C(=C\c1ccc(Cc2cccnc2)cc1)C(=O)O.[NaH]. The van der Waals surface area contributed by atoms with Crippen LogP contribution in [0.1, 0.15) is 23.6 Å². The van der Waals surface area contributed by atoms with Crippen LogP contribution in [0.2, 0.25) is 0 Å². The Kier molecular flexibility index (Phi) is 6.65. The van der Waals surface area contributed by atoms with Gasteiger partial charge in [0.2, 0.25) is 0 Å². The third-order valence-corrected chi connectivity index (χ3v) is 2.83. The number of aliphatic carboxylic acids is 1. The summed E-state index contributed by atoms with van der Waals surface area (Å²) in [6.07, 6.45) is 6.10. The molecule has 0 saturated heterocycles. The second kappa shape index (κ2) is 8.00. The summed E-state index contributed by atoms with van der Waals surface area (Å²) < 4.78 is 0. The fraction of sp³-hybridized carbons (Fsp3) is 0.125. The van der Waals surface area contributed by atoms with Crippen LogP contribution in [0.15, 0.2) is 54.4 Å². The molecule has 0 aliphatic carbocycles. The molecule has 2 aromatic rings. The number of nitrogens with zero attached hydrogens (tertiary/aromatic N) is 1. The molecular weight excluding hydrogens is 261 g/mol. The van der Waals surface area contributed by atoms with Gasteiger partial charge in [-0.3, -0.25) is 4.98 Å². The molecule has 0 saturated carbocycles. The fourth-order valence-corrected chi connectivity index (χ4v) is 1.78. The molecule has 3 nitrogen and oxygen atoms in total. The minimum absolute atomic E-state index is 0. The summed E-state index contributed by atoms with van der Waals surface area (Å²) in [5, 5.41) is 8.82. The van der Waals surface area contributed by atoms with Gasteiger partial charge >= 0.3 is 35.5 Å². The van der Waals surface area contributed by atoms with Crippen molar-refractivity contribution in [1.82, 2.24) is 4.98 Å². The van der Waals surface area contributed by atoms with Crippen molar-refractivity contribution >= 4 is 41.6 Å². The van der Waals surface area contributed by atoms with Crippen LogP contribution >= 0.6 is 0 Å². The van der Waals surface area contributed by atoms with Crippen molar-refractivity contribution in [2.24, 2.45) is 0 Å². The first-order chi connectivity index (χ1) is 9.15. The Hall–Kier alpha value is -1.42. The molecule has 0 aliphatic heterocycles. The van der Waals surface area contributed by atoms with E-state index in [1.165, 1.54) is 5.56 Å². The molecule has 0 aliphatic rings. The van der Waals surface area contributed by atoms with Crippen LogP contribution < -0.4 is 0 Å². The predicted octanol–water partition coefficient (Wildman–Crippen LogP) is 2.51. The molecule has 1 aromatic carbocycles. The van der Waals surface area contributed by atoms with E-state index in [9.17, 15) is 4.79 Å². The van der Waals surface area contributed by atoms with E-state index in [1.807, 2.05) is 42.6 Å². The third kappa shape index (κ3) is 4.93. The first-order valence-corrected chi connectivity index (χ1v) is 6.04. The van der Waals surface area contributed by atoms with Gasteiger partial charge in [-0.15, -0.1) is 0 Å². The van der Waals surface area contributed by atoms with Crippen molar-refractivity contribution in [3.05, 3.63) is 71.1 Å². The van der Waals surface area contributed by atoms with Gasteiger partial charge in [0, 0.05) is 18.0 Å². The molecular formula is C16H16NNaO2. The molecule has 1 aromatic heterocycles. The Morgan fingerprint density at radius 2 is 1.90 bits per heavy atom. The molecule has 1 N–H and O–H groups in total. The van der Waals surface area contributed by atoms with Crippen LogP contribution in [0, 0.1) is 0 Å². The van der Waals surface area contributed by atoms with Crippen LogP contribution in [0.3, 0.4) is 0 Å². The van der Waals surface area contributed by atoms with Gasteiger partial charge in [-0.25, -0.2) is 4.79 Å². The van der Waals surface area contributed by atoms with Crippen molar-refractivity contribution in [2.75, 3.05) is 0 Å². The molecule has 4 heteroatoms. The van der Waals surface area contributed by atoms with Crippen molar-refractivity contribution in [3.8, 4) is 0 Å². The summed E-state index contributed by atoms with van der Waals surface area (Å²) >= 11 is 0. The first kappa shape index (κ1) is 16.6. The van der Waals surface area contributed by atoms with Crippen LogP contribution in [0.25, 0.3) is 6.08 Å². The molecule has 2 rings (SSSR count). The Balaban J connectivity index is 0.00000200. The number of hydrogen-bond acceptors (Lipinski definition) is 2. The quantitative estimate of drug-likeness (QED) is 0.690. The third-order valence-electron chi connectivity index (χ3n) is 2.83. The van der Waals surface area contributed by atoms with E-state index in [0.717, 1.165) is 17.5 Å². The van der Waals surface area contributed by atoms with Gasteiger partial charge in [-0.1, -0.05) is 30.3 Å². The van der Waals surface area contributed by atoms with E-state index in [1.54, 1.807) is 19.2 Å². The second-order valence-corrected chi connectivity index (χ2v) is 4.41. The van der Waals surface area contributed by atoms with Crippen molar-refractivity contribution < 1.29 is 9.90 Å². The number of benzene rings is 1. The molecule has 0 bridgehead atoms. The van der Waals surface area contributed by atoms with E-state index in [4.69, 9.17) is 5.11 Å². The molecule has 1 heterocycles. The standard InChI is InChI=1S/C16H15NO2.Na.H/c1-12(16(18)19)9-13-4-6-14(7-5-13)10-15-3-2-8-17-11-15;;/h2-9,11H,10H2,1H3,(H,18,19);;/b12-9+;;. The summed E-state index contributed by atoms with van der Waals surface area (Å²) in [5.74, 6) is -0.889. The average molecular weight is 277 g/mol. The van der Waals surface area contributed by atoms with Gasteiger partial charge in [-0.05, 0) is 42.2 Å². The van der Waals surface area contributed by atoms with Crippen LogP contribution in [0.5, 0.6) is 0 Å². The molecule has 0 fully saturated rings. The molecule has 0 spiro atoms. The molecule has 20 heavy (non-hydrogen) atoms. The Bertz CT molecular complexity index is 592. The summed E-state index contributed by atoms with van der Waals surface area (Å²) in [6.45, 7) is 1.59. The Morgan fingerprint density at radius 1 is 1.20 bits per heavy atom. The number of pyridine rings is 1. The maximum absolute atomic E-state index is 10.7. The Labute approximate surface area is 140 Å². The molecule has 0 unspecified atom stereocenters. The number of rotatable bonds is 4. The van der Waals surface area contributed by atoms with Crippen molar-refractivity contribution in [3.63, 3.8) is 0 Å². The maximum atomic E-state index is 10.7. The molecule has 0 radical (unpaired) electrons. The zero-order valence-corrected chi connectivity index (χ0v) is 10.7. The second-order valence-electron chi connectivity index (χ2n) is 4.41. The van der Waals surface area contributed by atoms with Crippen molar-refractivity contribution in [1.29, 1.82) is 0 Å². The van der Waals surface area contributed by atoms with E-state index in [0.29, 0.717) is 5.57 Å². The minimum atomic E-state index is -0.889. The van der Waals surface area contributed by atoms with Gasteiger partial charge < -0.3 is 5.11 Å². The summed E-state index contributed by atoms with van der Waals surface area (Å²) in [6, 6.07) is 11.8. The predicted molar refractivity (Wildman–Crippen MR) is 81.9 cm³/mol. The monoisotopic (exact) mass is 277 g/mol. The number of hydrogen-bond donors (Lipinski definition) is 1. The van der Waals surface area contributed by atoms with Gasteiger partial charge in [0.15, 0.2) is 0 Å². The van der Waals surface area contributed by atoms with Crippen LogP contribution in [0.4, 0.5) is 0 Å². The van der Waals surface area contributed by atoms with Gasteiger partial charge in [0.1, 0.15) is 0 Å². The summed E-state index contributed by atoms with van der Waals surface area (Å²) in [4.78, 5) is 14.8. The fourth-order valence-electron chi connectivity index (χ4n) is 1.78. The Morgan fingerprint density at radius 3 is 2.45 bits per heavy atom. The normalized spacial score (nSPS) is 10.8. The van der Waals surface area contributed by atoms with E-state index < -0.39 is 5.97 Å². The number of carboxylic acid groups (broad SMARTS) is 1. The van der Waals surface area contributed by atoms with Gasteiger partial charge in [0.25, 0.3) is 0 Å². The van der Waals surface area contributed by atoms with E-state index >= 15 is 0 Å². The van der Waals surface area contributed by atoms with Gasteiger partial charge in [-0.2, -0.15) is 0 Å². The van der Waals surface area contributed by atoms with Crippen molar-refractivity contribution in [2.45, 2.75) is 13.3 Å². The zero-order chi connectivity index (χ0) is 13.7. The number of carboxylic acids is 1. The van der Waals surface area contributed by atoms with E-state index in [2.05, 4.69) is 4.98 Å². The first-order valence-electron chi connectivity index (χ1n) is 6.04. The molecule has 0 amide bonds. The zero-order valence-electron chi connectivity index (χ0n) is 10.7. The van der Waals surface area contributed by atoms with Crippen LogP contribution in [-0.2, 0) is 11.2 Å².